The van der Waals surface area contributed by atoms with Gasteiger partial charge in [-0.25, -0.2) is 4.79 Å². The van der Waals surface area contributed by atoms with Gasteiger partial charge in [0.1, 0.15) is 4.88 Å². The fourth-order valence-corrected chi connectivity index (χ4v) is 3.96. The zero-order valence-electron chi connectivity index (χ0n) is 13.6. The summed E-state index contributed by atoms with van der Waals surface area (Å²) < 4.78 is 11.2. The molecule has 0 fully saturated rings. The van der Waals surface area contributed by atoms with Gasteiger partial charge in [-0.1, -0.05) is 41.6 Å². The van der Waals surface area contributed by atoms with Crippen LogP contribution in [0.25, 0.3) is 32.0 Å². The van der Waals surface area contributed by atoms with Crippen molar-refractivity contribution in [3.8, 4) is 21.9 Å². The summed E-state index contributed by atoms with van der Waals surface area (Å²) in [5, 5.41) is 4.94. The summed E-state index contributed by atoms with van der Waals surface area (Å²) in [5.74, 6) is 0.714. The molecule has 0 bridgehead atoms. The predicted octanol–water partition coefficient (Wildman–Crippen LogP) is 4.71. The largest absolute Gasteiger partial charge is 0.465 e. The van der Waals surface area contributed by atoms with E-state index >= 15 is 0 Å². The van der Waals surface area contributed by atoms with Crippen molar-refractivity contribution in [1.29, 1.82) is 0 Å². The number of ether oxygens (including phenoxy) is 1. The van der Waals surface area contributed by atoms with Crippen LogP contribution >= 0.6 is 11.3 Å². The smallest absolute Gasteiger partial charge is 0.337 e. The zero-order chi connectivity index (χ0) is 17.4. The first-order valence-corrected chi connectivity index (χ1v) is 8.50. The van der Waals surface area contributed by atoms with Crippen LogP contribution < -0.4 is 0 Å². The van der Waals surface area contributed by atoms with Gasteiger partial charge in [0.05, 0.1) is 12.7 Å². The van der Waals surface area contributed by atoms with Gasteiger partial charge >= 0.3 is 5.97 Å². The van der Waals surface area contributed by atoms with E-state index in [4.69, 9.17) is 9.26 Å². The number of nitrogens with zero attached hydrogens (tertiary/aromatic N) is 2. The minimum atomic E-state index is -0.355. The Balaban J connectivity index is 2.00. The van der Waals surface area contributed by atoms with Crippen LogP contribution in [0.4, 0.5) is 0 Å². The molecule has 0 aliphatic heterocycles. The van der Waals surface area contributed by atoms with Gasteiger partial charge in [0, 0.05) is 15.6 Å². The molecule has 0 aliphatic rings. The number of rotatable bonds is 3. The maximum Gasteiger partial charge on any atom is 0.337 e. The number of hydrogen-bond donors (Lipinski definition) is 0. The lowest BCUT2D eigenvalue weighted by Crippen LogP contribution is -1.99. The summed E-state index contributed by atoms with van der Waals surface area (Å²) in [5.41, 5.74) is 2.61. The monoisotopic (exact) mass is 350 g/mol. The number of aromatic nitrogens is 2. The number of benzene rings is 2. The van der Waals surface area contributed by atoms with Gasteiger partial charge in [-0.05, 0) is 24.6 Å². The Kier molecular flexibility index (Phi) is 3.82. The highest BCUT2D eigenvalue weighted by atomic mass is 32.1. The lowest BCUT2D eigenvalue weighted by molar-refractivity contribution is 0.0601. The van der Waals surface area contributed by atoms with Crippen molar-refractivity contribution in [2.45, 2.75) is 6.92 Å². The van der Waals surface area contributed by atoms with Crippen molar-refractivity contribution >= 4 is 27.4 Å². The van der Waals surface area contributed by atoms with E-state index in [1.54, 1.807) is 13.0 Å². The lowest BCUT2D eigenvalue weighted by Gasteiger charge is -2.03. The molecular weight excluding hydrogens is 336 g/mol. The Bertz CT molecular complexity index is 1070. The van der Waals surface area contributed by atoms with Gasteiger partial charge in [-0.2, -0.15) is 4.98 Å². The molecule has 25 heavy (non-hydrogen) atoms. The van der Waals surface area contributed by atoms with E-state index in [0.717, 1.165) is 26.1 Å². The molecule has 0 saturated heterocycles. The van der Waals surface area contributed by atoms with Crippen LogP contribution in [0.3, 0.4) is 0 Å². The normalized spacial score (nSPS) is 11.0. The molecule has 0 radical (unpaired) electrons. The third-order valence-electron chi connectivity index (χ3n) is 3.90. The standard InChI is InChI=1S/C19H14N2O3S/c1-11-20-18(24-21-11)17-16(12-6-4-3-5-7-12)14-9-8-13(19(22)23-2)10-15(14)25-17/h3-10H,1-2H3. The molecule has 4 aromatic rings. The molecule has 5 nitrogen and oxygen atoms in total. The number of esters is 1. The Hall–Kier alpha value is -2.99. The van der Waals surface area contributed by atoms with Crippen LogP contribution in [0, 0.1) is 6.92 Å². The van der Waals surface area contributed by atoms with Crippen LogP contribution in [-0.4, -0.2) is 23.2 Å². The molecule has 2 aromatic carbocycles. The van der Waals surface area contributed by atoms with Crippen molar-refractivity contribution in [3.63, 3.8) is 0 Å². The van der Waals surface area contributed by atoms with E-state index in [-0.39, 0.29) is 5.97 Å². The summed E-state index contributed by atoms with van der Waals surface area (Å²) in [6.07, 6.45) is 0. The number of thiophene rings is 1. The second kappa shape index (κ2) is 6.14. The lowest BCUT2D eigenvalue weighted by atomic mass is 10.0. The molecule has 2 heterocycles. The minimum absolute atomic E-state index is 0.355. The average Bonchev–Trinajstić information content (AvgIpc) is 3.24. The van der Waals surface area contributed by atoms with Crippen LogP contribution in [0.5, 0.6) is 0 Å². The first-order chi connectivity index (χ1) is 12.2. The Labute approximate surface area is 147 Å². The van der Waals surface area contributed by atoms with Crippen molar-refractivity contribution in [3.05, 3.63) is 59.9 Å². The van der Waals surface area contributed by atoms with Gasteiger partial charge in [-0.15, -0.1) is 11.3 Å². The molecule has 4 rings (SSSR count). The molecule has 0 unspecified atom stereocenters. The fraction of sp³-hybridized carbons (Fsp3) is 0.105. The second-order valence-electron chi connectivity index (χ2n) is 5.52. The van der Waals surface area contributed by atoms with Gasteiger partial charge in [0.2, 0.25) is 0 Å². The van der Waals surface area contributed by atoms with E-state index in [2.05, 4.69) is 10.1 Å². The summed E-state index contributed by atoms with van der Waals surface area (Å²) >= 11 is 1.52. The van der Waals surface area contributed by atoms with E-state index < -0.39 is 0 Å². The zero-order valence-corrected chi connectivity index (χ0v) is 14.5. The van der Waals surface area contributed by atoms with Crippen molar-refractivity contribution in [2.24, 2.45) is 0 Å². The molecule has 0 N–H and O–H groups in total. The van der Waals surface area contributed by atoms with Crippen LogP contribution in [-0.2, 0) is 4.74 Å². The summed E-state index contributed by atoms with van der Waals surface area (Å²) in [6.45, 7) is 1.79. The van der Waals surface area contributed by atoms with E-state index in [9.17, 15) is 4.79 Å². The topological polar surface area (TPSA) is 65.2 Å². The summed E-state index contributed by atoms with van der Waals surface area (Å²) in [4.78, 5) is 17.1. The maximum absolute atomic E-state index is 11.8. The van der Waals surface area contributed by atoms with E-state index in [1.807, 2.05) is 42.5 Å². The van der Waals surface area contributed by atoms with Gasteiger partial charge < -0.3 is 9.26 Å². The number of carbonyl (C=O) groups is 1. The summed E-state index contributed by atoms with van der Waals surface area (Å²) in [7, 11) is 1.38. The van der Waals surface area contributed by atoms with E-state index in [1.165, 1.54) is 18.4 Å². The molecule has 0 amide bonds. The number of fused-ring (bicyclic) bond motifs is 1. The Morgan fingerprint density at radius 3 is 2.64 bits per heavy atom. The van der Waals surface area contributed by atoms with Gasteiger partial charge in [-0.3, -0.25) is 0 Å². The Morgan fingerprint density at radius 1 is 1.16 bits per heavy atom. The minimum Gasteiger partial charge on any atom is -0.465 e. The number of carbonyl (C=O) groups excluding carboxylic acids is 1. The van der Waals surface area contributed by atoms with Gasteiger partial charge in [0.15, 0.2) is 5.82 Å². The first kappa shape index (κ1) is 15.5. The second-order valence-corrected chi connectivity index (χ2v) is 6.57. The molecule has 0 saturated carbocycles. The van der Waals surface area contributed by atoms with Gasteiger partial charge in [0.25, 0.3) is 5.89 Å². The molecule has 0 atom stereocenters. The van der Waals surface area contributed by atoms with Crippen LogP contribution in [0.1, 0.15) is 16.2 Å². The fourth-order valence-electron chi connectivity index (χ4n) is 2.77. The van der Waals surface area contributed by atoms with Crippen LogP contribution in [0.15, 0.2) is 53.1 Å². The third-order valence-corrected chi connectivity index (χ3v) is 5.04. The highest BCUT2D eigenvalue weighted by molar-refractivity contribution is 7.23. The molecule has 0 spiro atoms. The maximum atomic E-state index is 11.8. The number of aryl methyl sites for hydroxylation is 1. The molecule has 0 aliphatic carbocycles. The van der Waals surface area contributed by atoms with Crippen molar-refractivity contribution in [1.82, 2.24) is 10.1 Å². The average molecular weight is 350 g/mol. The molecule has 124 valence electrons. The first-order valence-electron chi connectivity index (χ1n) is 7.68. The van der Waals surface area contributed by atoms with Crippen molar-refractivity contribution in [2.75, 3.05) is 7.11 Å². The Morgan fingerprint density at radius 2 is 1.96 bits per heavy atom. The van der Waals surface area contributed by atoms with Crippen molar-refractivity contribution < 1.29 is 14.1 Å². The molecule has 2 aromatic heterocycles. The van der Waals surface area contributed by atoms with Crippen LogP contribution in [0.2, 0.25) is 0 Å². The highest BCUT2D eigenvalue weighted by Crippen LogP contribution is 2.44. The summed E-state index contributed by atoms with van der Waals surface area (Å²) in [6, 6.07) is 15.6. The third kappa shape index (κ3) is 2.70. The molecule has 6 heteroatoms. The quantitative estimate of drug-likeness (QED) is 0.501. The SMILES string of the molecule is COC(=O)c1ccc2c(-c3ccccc3)c(-c3nc(C)no3)sc2c1. The van der Waals surface area contributed by atoms with E-state index in [0.29, 0.717) is 17.3 Å². The molecular formula is C19H14N2O3S. The number of methoxy groups -OCH3 is 1. The predicted molar refractivity (Wildman–Crippen MR) is 96.6 cm³/mol. The number of hydrogen-bond acceptors (Lipinski definition) is 6. The highest BCUT2D eigenvalue weighted by Gasteiger charge is 2.20.